The Kier molecular flexibility index (Phi) is 5.04. The van der Waals surface area contributed by atoms with Crippen molar-refractivity contribution in [2.45, 2.75) is 18.6 Å². The first kappa shape index (κ1) is 18.7. The number of rotatable bonds is 5. The van der Waals surface area contributed by atoms with Crippen molar-refractivity contribution in [3.63, 3.8) is 0 Å². The molecule has 0 bridgehead atoms. The van der Waals surface area contributed by atoms with Gasteiger partial charge in [0.05, 0.1) is 12.0 Å². The normalized spacial score (nSPS) is 11.5. The van der Waals surface area contributed by atoms with E-state index in [0.29, 0.717) is 0 Å². The summed E-state index contributed by atoms with van der Waals surface area (Å²) in [6.45, 7) is 2.05. The molecule has 3 rings (SSSR count). The number of esters is 1. The van der Waals surface area contributed by atoms with Gasteiger partial charge in [0.2, 0.25) is 20.4 Å². The van der Waals surface area contributed by atoms with Gasteiger partial charge in [-0.1, -0.05) is 30.3 Å². The fraction of sp³-hybridized carbons (Fsp3) is 0.222. The zero-order valence-electron chi connectivity index (χ0n) is 14.7. The molecule has 0 saturated carbocycles. The van der Waals surface area contributed by atoms with Crippen molar-refractivity contribution >= 4 is 26.8 Å². The first-order valence-corrected chi connectivity index (χ1v) is 10.0. The van der Waals surface area contributed by atoms with Crippen LogP contribution >= 0.6 is 0 Å². The van der Waals surface area contributed by atoms with Gasteiger partial charge in [-0.15, -0.1) is 0 Å². The van der Waals surface area contributed by atoms with E-state index in [4.69, 9.17) is 4.74 Å². The number of benzene rings is 1. The zero-order chi connectivity index (χ0) is 19.6. The van der Waals surface area contributed by atoms with Crippen LogP contribution in [0.2, 0.25) is 0 Å². The topological polar surface area (TPSA) is 108 Å². The SMILES string of the molecule is CCOC(=O)c1cn(Cc2ccccc2)c2nc(S(C)(=O)=O)ncc2c1=O. The third-order valence-electron chi connectivity index (χ3n) is 3.82. The number of pyridine rings is 1. The number of carbonyl (C=O) groups is 1. The molecule has 2 aromatic heterocycles. The molecule has 140 valence electrons. The highest BCUT2D eigenvalue weighted by molar-refractivity contribution is 7.90. The molecule has 0 unspecified atom stereocenters. The number of carbonyl (C=O) groups excluding carboxylic acids is 1. The number of ether oxygens (including phenoxy) is 1. The van der Waals surface area contributed by atoms with Crippen LogP contribution in [-0.4, -0.2) is 41.8 Å². The highest BCUT2D eigenvalue weighted by Gasteiger charge is 2.20. The van der Waals surface area contributed by atoms with Crippen molar-refractivity contribution < 1.29 is 17.9 Å². The first-order chi connectivity index (χ1) is 12.8. The van der Waals surface area contributed by atoms with E-state index in [1.54, 1.807) is 11.5 Å². The lowest BCUT2D eigenvalue weighted by atomic mass is 10.2. The highest BCUT2D eigenvalue weighted by atomic mass is 32.2. The van der Waals surface area contributed by atoms with E-state index < -0.39 is 21.2 Å². The molecular formula is C18H17N3O5S. The van der Waals surface area contributed by atoms with Crippen LogP contribution in [-0.2, 0) is 21.1 Å². The van der Waals surface area contributed by atoms with Crippen molar-refractivity contribution in [1.29, 1.82) is 0 Å². The van der Waals surface area contributed by atoms with Crippen LogP contribution in [0.4, 0.5) is 0 Å². The smallest absolute Gasteiger partial charge is 0.343 e. The van der Waals surface area contributed by atoms with E-state index in [-0.39, 0.29) is 34.9 Å². The van der Waals surface area contributed by atoms with Crippen LogP contribution in [0.5, 0.6) is 0 Å². The second kappa shape index (κ2) is 7.28. The van der Waals surface area contributed by atoms with Crippen molar-refractivity contribution in [2.75, 3.05) is 12.9 Å². The van der Waals surface area contributed by atoms with Crippen molar-refractivity contribution in [3.8, 4) is 0 Å². The van der Waals surface area contributed by atoms with Gasteiger partial charge in [-0.25, -0.2) is 18.2 Å². The Balaban J connectivity index is 2.28. The van der Waals surface area contributed by atoms with E-state index in [1.165, 1.54) is 6.20 Å². The van der Waals surface area contributed by atoms with Crippen LogP contribution in [0, 0.1) is 0 Å². The Hall–Kier alpha value is -3.07. The fourth-order valence-electron chi connectivity index (χ4n) is 2.59. The molecule has 0 atom stereocenters. The molecule has 9 heteroatoms. The van der Waals surface area contributed by atoms with Crippen LogP contribution in [0.1, 0.15) is 22.8 Å². The monoisotopic (exact) mass is 387 g/mol. The van der Waals surface area contributed by atoms with Crippen molar-refractivity contribution in [1.82, 2.24) is 14.5 Å². The molecular weight excluding hydrogens is 370 g/mol. The summed E-state index contributed by atoms with van der Waals surface area (Å²) in [4.78, 5) is 32.7. The summed E-state index contributed by atoms with van der Waals surface area (Å²) in [5, 5.41) is -0.344. The van der Waals surface area contributed by atoms with Gasteiger partial charge in [-0.2, -0.15) is 4.98 Å². The molecule has 0 radical (unpaired) electrons. The van der Waals surface area contributed by atoms with Gasteiger partial charge in [-0.05, 0) is 12.5 Å². The van der Waals surface area contributed by atoms with Gasteiger partial charge in [0.15, 0.2) is 0 Å². The molecule has 3 aromatic rings. The lowest BCUT2D eigenvalue weighted by Crippen LogP contribution is -2.22. The average Bonchev–Trinajstić information content (AvgIpc) is 2.64. The molecule has 0 fully saturated rings. The summed E-state index contributed by atoms with van der Waals surface area (Å²) in [6, 6.07) is 9.30. The third-order valence-corrected chi connectivity index (χ3v) is 4.68. The number of fused-ring (bicyclic) bond motifs is 1. The summed E-state index contributed by atoms with van der Waals surface area (Å²) in [5.41, 5.74) is 0.257. The maximum absolute atomic E-state index is 12.7. The van der Waals surface area contributed by atoms with Gasteiger partial charge in [0.25, 0.3) is 0 Å². The molecule has 0 amide bonds. The summed E-state index contributed by atoms with van der Waals surface area (Å²) >= 11 is 0. The predicted octanol–water partition coefficient (Wildman–Crippen LogP) is 1.42. The Morgan fingerprint density at radius 2 is 1.93 bits per heavy atom. The summed E-state index contributed by atoms with van der Waals surface area (Å²) in [5.74, 6) is -0.751. The van der Waals surface area contributed by atoms with Crippen LogP contribution < -0.4 is 5.43 Å². The molecule has 0 aliphatic carbocycles. The molecule has 0 N–H and O–H groups in total. The Labute approximate surface area is 155 Å². The highest BCUT2D eigenvalue weighted by Crippen LogP contribution is 2.14. The summed E-state index contributed by atoms with van der Waals surface area (Å²) < 4.78 is 30.1. The second-order valence-electron chi connectivity index (χ2n) is 5.87. The number of hydrogen-bond donors (Lipinski definition) is 0. The van der Waals surface area contributed by atoms with Crippen LogP contribution in [0.25, 0.3) is 11.0 Å². The molecule has 1 aromatic carbocycles. The Bertz CT molecular complexity index is 1170. The number of hydrogen-bond acceptors (Lipinski definition) is 7. The van der Waals surface area contributed by atoms with E-state index >= 15 is 0 Å². The molecule has 0 aliphatic heterocycles. The third kappa shape index (κ3) is 3.87. The quantitative estimate of drug-likeness (QED) is 0.481. The Morgan fingerprint density at radius 1 is 1.22 bits per heavy atom. The number of nitrogens with zero attached hydrogens (tertiary/aromatic N) is 3. The lowest BCUT2D eigenvalue weighted by molar-refractivity contribution is 0.0524. The van der Waals surface area contributed by atoms with Gasteiger partial charge in [-0.3, -0.25) is 4.79 Å². The first-order valence-electron chi connectivity index (χ1n) is 8.12. The number of sulfone groups is 1. The minimum atomic E-state index is -3.66. The van der Waals surface area contributed by atoms with E-state index in [2.05, 4.69) is 9.97 Å². The standard InChI is InChI=1S/C18H17N3O5S/c1-3-26-17(23)14-11-21(10-12-7-5-4-6-8-12)16-13(15(14)22)9-19-18(20-16)27(2,24)25/h4-9,11H,3,10H2,1-2H3. The van der Waals surface area contributed by atoms with Crippen LogP contribution in [0.3, 0.4) is 0 Å². The largest absolute Gasteiger partial charge is 0.462 e. The van der Waals surface area contributed by atoms with E-state index in [1.807, 2.05) is 30.3 Å². The van der Waals surface area contributed by atoms with Crippen molar-refractivity contribution in [3.05, 3.63) is 64.1 Å². The zero-order valence-corrected chi connectivity index (χ0v) is 15.6. The maximum Gasteiger partial charge on any atom is 0.343 e. The minimum absolute atomic E-state index is 0.0453. The molecule has 27 heavy (non-hydrogen) atoms. The molecule has 2 heterocycles. The average molecular weight is 387 g/mol. The molecule has 0 spiro atoms. The summed E-state index contributed by atoms with van der Waals surface area (Å²) in [6.07, 6.45) is 3.46. The molecule has 0 saturated heterocycles. The maximum atomic E-state index is 12.7. The summed E-state index contributed by atoms with van der Waals surface area (Å²) in [7, 11) is -3.66. The lowest BCUT2D eigenvalue weighted by Gasteiger charge is -2.13. The number of aromatic nitrogens is 3. The fourth-order valence-corrected chi connectivity index (χ4v) is 3.09. The van der Waals surface area contributed by atoms with Gasteiger partial charge < -0.3 is 9.30 Å². The Morgan fingerprint density at radius 3 is 2.56 bits per heavy atom. The van der Waals surface area contributed by atoms with Gasteiger partial charge in [0.1, 0.15) is 11.2 Å². The van der Waals surface area contributed by atoms with Gasteiger partial charge >= 0.3 is 5.97 Å². The van der Waals surface area contributed by atoms with Gasteiger partial charge in [0, 0.05) is 25.2 Å². The second-order valence-corrected chi connectivity index (χ2v) is 7.78. The van der Waals surface area contributed by atoms with Crippen LogP contribution in [0.15, 0.2) is 52.7 Å². The van der Waals surface area contributed by atoms with E-state index in [0.717, 1.165) is 18.0 Å². The van der Waals surface area contributed by atoms with E-state index in [9.17, 15) is 18.0 Å². The molecule has 0 aliphatic rings. The van der Waals surface area contributed by atoms with Crippen molar-refractivity contribution in [2.24, 2.45) is 0 Å². The molecule has 8 nitrogen and oxygen atoms in total. The predicted molar refractivity (Wildman–Crippen MR) is 98.4 cm³/mol. The minimum Gasteiger partial charge on any atom is -0.462 e.